The van der Waals surface area contributed by atoms with E-state index in [1.54, 1.807) is 0 Å². The summed E-state index contributed by atoms with van der Waals surface area (Å²) in [6.07, 6.45) is 8.53. The van der Waals surface area contributed by atoms with Crippen LogP contribution in [0.2, 0.25) is 0 Å². The molecule has 1 heterocycles. The summed E-state index contributed by atoms with van der Waals surface area (Å²) in [5, 5.41) is 13.3. The second-order valence-electron chi connectivity index (χ2n) is 6.20. The van der Waals surface area contributed by atoms with Crippen molar-refractivity contribution in [2.75, 3.05) is 26.2 Å². The molecule has 1 saturated heterocycles. The summed E-state index contributed by atoms with van der Waals surface area (Å²) in [4.78, 5) is 2.63. The molecular weight excluding hydrogens is 236 g/mol. The van der Waals surface area contributed by atoms with Gasteiger partial charge in [-0.3, -0.25) is 0 Å². The number of likely N-dealkylation sites (tertiary alicyclic amines) is 1. The summed E-state index contributed by atoms with van der Waals surface area (Å²) in [6.45, 7) is 10.4. The van der Waals surface area contributed by atoms with E-state index in [0.717, 1.165) is 31.8 Å². The molecule has 0 aromatic rings. The molecule has 0 spiro atoms. The van der Waals surface area contributed by atoms with Crippen LogP contribution in [0, 0.1) is 0 Å². The van der Waals surface area contributed by atoms with Crippen molar-refractivity contribution in [3.63, 3.8) is 0 Å². The first-order chi connectivity index (χ1) is 9.17. The first-order valence-electron chi connectivity index (χ1n) is 8.27. The summed E-state index contributed by atoms with van der Waals surface area (Å²) in [7, 11) is 0. The van der Waals surface area contributed by atoms with Gasteiger partial charge in [0.05, 0.1) is 6.61 Å². The second-order valence-corrected chi connectivity index (χ2v) is 6.20. The summed E-state index contributed by atoms with van der Waals surface area (Å²) in [5.41, 5.74) is -0.0466. The maximum absolute atomic E-state index is 9.72. The lowest BCUT2D eigenvalue weighted by Gasteiger charge is -2.36. The molecule has 0 radical (unpaired) electrons. The minimum Gasteiger partial charge on any atom is -0.394 e. The number of nitrogens with zero attached hydrogens (tertiary/aromatic N) is 1. The van der Waals surface area contributed by atoms with Gasteiger partial charge in [-0.15, -0.1) is 0 Å². The fraction of sp³-hybridized carbons (Fsp3) is 1.00. The highest BCUT2D eigenvalue weighted by molar-refractivity contribution is 4.86. The fourth-order valence-electron chi connectivity index (χ4n) is 3.14. The minimum atomic E-state index is -0.0466. The lowest BCUT2D eigenvalue weighted by atomic mass is 9.90. The molecule has 0 amide bonds. The third-order valence-electron chi connectivity index (χ3n) is 4.77. The quantitative estimate of drug-likeness (QED) is 0.676. The highest BCUT2D eigenvalue weighted by Gasteiger charge is 2.26. The van der Waals surface area contributed by atoms with Gasteiger partial charge in [0.1, 0.15) is 0 Å². The largest absolute Gasteiger partial charge is 0.394 e. The van der Waals surface area contributed by atoms with Gasteiger partial charge >= 0.3 is 0 Å². The van der Waals surface area contributed by atoms with Crippen LogP contribution in [0.4, 0.5) is 0 Å². The summed E-state index contributed by atoms with van der Waals surface area (Å²) >= 11 is 0. The van der Waals surface area contributed by atoms with Crippen LogP contribution >= 0.6 is 0 Å². The van der Waals surface area contributed by atoms with Gasteiger partial charge in [-0.05, 0) is 65.1 Å². The van der Waals surface area contributed by atoms with Crippen molar-refractivity contribution in [2.24, 2.45) is 0 Å². The maximum atomic E-state index is 9.72. The van der Waals surface area contributed by atoms with Crippen LogP contribution in [-0.4, -0.2) is 47.8 Å². The Morgan fingerprint density at radius 1 is 1.32 bits per heavy atom. The number of nitrogens with one attached hydrogen (secondary N) is 1. The lowest BCUT2D eigenvalue weighted by Crippen LogP contribution is -2.49. The summed E-state index contributed by atoms with van der Waals surface area (Å²) in [5.74, 6) is 0. The highest BCUT2D eigenvalue weighted by Crippen LogP contribution is 2.20. The molecule has 0 bridgehead atoms. The van der Waals surface area contributed by atoms with Crippen molar-refractivity contribution < 1.29 is 5.11 Å². The first kappa shape index (κ1) is 16.9. The Morgan fingerprint density at radius 2 is 2.11 bits per heavy atom. The third kappa shape index (κ3) is 5.41. The molecule has 1 aliphatic rings. The molecule has 2 unspecified atom stereocenters. The van der Waals surface area contributed by atoms with Gasteiger partial charge in [0.25, 0.3) is 0 Å². The second kappa shape index (κ2) is 8.93. The van der Waals surface area contributed by atoms with Crippen LogP contribution in [0.1, 0.15) is 65.7 Å². The maximum Gasteiger partial charge on any atom is 0.0613 e. The predicted octanol–water partition coefficient (Wildman–Crippen LogP) is 2.78. The van der Waals surface area contributed by atoms with Gasteiger partial charge in [0, 0.05) is 11.6 Å². The SMILES string of the molecule is CCCNC(CC)(CO)CCCN1CCCCC1C. The number of hydrogen-bond donors (Lipinski definition) is 2. The average Bonchev–Trinajstić information content (AvgIpc) is 2.45. The number of piperidine rings is 1. The van der Waals surface area contributed by atoms with Crippen molar-refractivity contribution in [3.8, 4) is 0 Å². The van der Waals surface area contributed by atoms with E-state index < -0.39 is 0 Å². The fourth-order valence-corrected chi connectivity index (χ4v) is 3.14. The number of aliphatic hydroxyl groups is 1. The van der Waals surface area contributed by atoms with Crippen LogP contribution < -0.4 is 5.32 Å². The number of hydrogen-bond acceptors (Lipinski definition) is 3. The van der Waals surface area contributed by atoms with E-state index in [1.165, 1.54) is 38.8 Å². The Kier molecular flexibility index (Phi) is 7.96. The van der Waals surface area contributed by atoms with Crippen molar-refractivity contribution >= 4 is 0 Å². The molecule has 19 heavy (non-hydrogen) atoms. The third-order valence-corrected chi connectivity index (χ3v) is 4.77. The molecule has 114 valence electrons. The molecule has 0 saturated carbocycles. The van der Waals surface area contributed by atoms with Crippen LogP contribution in [0.3, 0.4) is 0 Å². The minimum absolute atomic E-state index is 0.0466. The van der Waals surface area contributed by atoms with Gasteiger partial charge in [0.15, 0.2) is 0 Å². The van der Waals surface area contributed by atoms with Gasteiger partial charge in [-0.2, -0.15) is 0 Å². The number of aliphatic hydroxyl groups excluding tert-OH is 1. The van der Waals surface area contributed by atoms with Crippen LogP contribution in [0.5, 0.6) is 0 Å². The molecule has 3 heteroatoms. The molecule has 2 atom stereocenters. The van der Waals surface area contributed by atoms with Gasteiger partial charge in [0.2, 0.25) is 0 Å². The average molecular weight is 270 g/mol. The molecule has 0 aromatic heterocycles. The molecular formula is C16H34N2O. The van der Waals surface area contributed by atoms with Crippen molar-refractivity contribution in [2.45, 2.75) is 77.3 Å². The topological polar surface area (TPSA) is 35.5 Å². The smallest absolute Gasteiger partial charge is 0.0613 e. The zero-order chi connectivity index (χ0) is 14.1. The molecule has 1 rings (SSSR count). The summed E-state index contributed by atoms with van der Waals surface area (Å²) in [6, 6.07) is 0.752. The van der Waals surface area contributed by atoms with E-state index in [9.17, 15) is 5.11 Å². The van der Waals surface area contributed by atoms with E-state index in [0.29, 0.717) is 0 Å². The van der Waals surface area contributed by atoms with Crippen LogP contribution in [-0.2, 0) is 0 Å². The van der Waals surface area contributed by atoms with Crippen molar-refractivity contribution in [3.05, 3.63) is 0 Å². The highest BCUT2D eigenvalue weighted by atomic mass is 16.3. The Balaban J connectivity index is 2.34. The van der Waals surface area contributed by atoms with Gasteiger partial charge in [-0.25, -0.2) is 0 Å². The Hall–Kier alpha value is -0.120. The van der Waals surface area contributed by atoms with Crippen molar-refractivity contribution in [1.82, 2.24) is 10.2 Å². The van der Waals surface area contributed by atoms with E-state index in [1.807, 2.05) is 0 Å². The van der Waals surface area contributed by atoms with E-state index >= 15 is 0 Å². The van der Waals surface area contributed by atoms with Crippen LogP contribution in [0.25, 0.3) is 0 Å². The Bertz CT molecular complexity index is 229. The normalized spacial score (nSPS) is 24.3. The molecule has 1 aliphatic heterocycles. The van der Waals surface area contributed by atoms with Crippen molar-refractivity contribution in [1.29, 1.82) is 0 Å². The Morgan fingerprint density at radius 3 is 2.68 bits per heavy atom. The van der Waals surface area contributed by atoms with E-state index in [-0.39, 0.29) is 12.1 Å². The predicted molar refractivity (Wildman–Crippen MR) is 82.5 cm³/mol. The molecule has 3 nitrogen and oxygen atoms in total. The lowest BCUT2D eigenvalue weighted by molar-refractivity contribution is 0.123. The Labute approximate surface area is 119 Å². The van der Waals surface area contributed by atoms with E-state index in [2.05, 4.69) is 31.0 Å². The van der Waals surface area contributed by atoms with Gasteiger partial charge < -0.3 is 15.3 Å². The zero-order valence-corrected chi connectivity index (χ0v) is 13.2. The molecule has 2 N–H and O–H groups in total. The van der Waals surface area contributed by atoms with E-state index in [4.69, 9.17) is 0 Å². The van der Waals surface area contributed by atoms with Crippen LogP contribution in [0.15, 0.2) is 0 Å². The monoisotopic (exact) mass is 270 g/mol. The molecule has 0 aromatic carbocycles. The number of rotatable bonds is 9. The van der Waals surface area contributed by atoms with Gasteiger partial charge in [-0.1, -0.05) is 20.3 Å². The molecule has 1 fully saturated rings. The first-order valence-corrected chi connectivity index (χ1v) is 8.27. The zero-order valence-electron chi connectivity index (χ0n) is 13.2. The summed E-state index contributed by atoms with van der Waals surface area (Å²) < 4.78 is 0. The molecule has 0 aliphatic carbocycles. The standard InChI is InChI=1S/C16H34N2O/c1-4-11-17-16(5-2,14-19)10-8-13-18-12-7-6-9-15(18)3/h15,17,19H,4-14H2,1-3H3.